The number of hydrogen-bond donors (Lipinski definition) is 2. The lowest BCUT2D eigenvalue weighted by atomic mass is 10.3. The predicted octanol–water partition coefficient (Wildman–Crippen LogP) is 3.79. The third-order valence-electron chi connectivity index (χ3n) is 2.69. The molecule has 0 aliphatic carbocycles. The zero-order valence-electron chi connectivity index (χ0n) is 12.1. The Morgan fingerprint density at radius 2 is 2.00 bits per heavy atom. The second kappa shape index (κ2) is 8.81. The number of para-hydroxylation sites is 1. The van der Waals surface area contributed by atoms with E-state index in [9.17, 15) is 9.18 Å². The van der Waals surface area contributed by atoms with Gasteiger partial charge < -0.3 is 15.4 Å². The lowest BCUT2D eigenvalue weighted by molar-refractivity contribution is 0.253. The van der Waals surface area contributed by atoms with Crippen molar-refractivity contribution in [3.63, 3.8) is 0 Å². The molecule has 0 radical (unpaired) electrons. The molecule has 23 heavy (non-hydrogen) atoms. The molecule has 118 valence electrons. The third-order valence-corrected chi connectivity index (χ3v) is 3.18. The quantitative estimate of drug-likeness (QED) is 0.797. The zero-order valence-corrected chi connectivity index (χ0v) is 13.7. The van der Waals surface area contributed by atoms with Crippen LogP contribution in [0.1, 0.15) is 0 Å². The normalized spacial score (nSPS) is 9.48. The van der Waals surface area contributed by atoms with E-state index in [1.54, 1.807) is 12.1 Å². The number of carbonyl (C=O) groups is 1. The van der Waals surface area contributed by atoms with Gasteiger partial charge in [0.25, 0.3) is 0 Å². The van der Waals surface area contributed by atoms with Gasteiger partial charge in [0.1, 0.15) is 18.2 Å². The van der Waals surface area contributed by atoms with Crippen LogP contribution in [0.25, 0.3) is 0 Å². The van der Waals surface area contributed by atoms with Gasteiger partial charge in [0.2, 0.25) is 0 Å². The van der Waals surface area contributed by atoms with Crippen LogP contribution in [0.15, 0.2) is 53.0 Å². The molecule has 0 aliphatic rings. The molecular weight excluding hydrogens is 363 g/mol. The van der Waals surface area contributed by atoms with Gasteiger partial charge in [0, 0.05) is 4.47 Å². The van der Waals surface area contributed by atoms with E-state index in [0.717, 1.165) is 4.47 Å². The highest BCUT2D eigenvalue weighted by molar-refractivity contribution is 9.10. The number of urea groups is 1. The Balaban J connectivity index is 1.69. The summed E-state index contributed by atoms with van der Waals surface area (Å²) in [6, 6.07) is 12.8. The second-order valence-electron chi connectivity index (χ2n) is 4.39. The van der Waals surface area contributed by atoms with E-state index in [4.69, 9.17) is 4.74 Å². The first kappa shape index (κ1) is 16.8. The molecule has 0 saturated heterocycles. The fourth-order valence-electron chi connectivity index (χ4n) is 1.64. The van der Waals surface area contributed by atoms with Gasteiger partial charge in [-0.25, -0.2) is 9.18 Å². The number of hydrogen-bond acceptors (Lipinski definition) is 2. The van der Waals surface area contributed by atoms with Crippen molar-refractivity contribution in [1.29, 1.82) is 0 Å². The molecule has 0 heterocycles. The molecule has 0 spiro atoms. The maximum absolute atomic E-state index is 13.3. The van der Waals surface area contributed by atoms with E-state index >= 15 is 0 Å². The van der Waals surface area contributed by atoms with Crippen molar-refractivity contribution < 1.29 is 13.9 Å². The number of benzene rings is 2. The summed E-state index contributed by atoms with van der Waals surface area (Å²) in [4.78, 5) is 11.6. The summed E-state index contributed by atoms with van der Waals surface area (Å²) in [5.41, 5.74) is 0.121. The summed E-state index contributed by atoms with van der Waals surface area (Å²) in [5, 5.41) is 4.92. The van der Waals surface area contributed by atoms with Crippen LogP contribution in [0.2, 0.25) is 0 Å². The highest BCUT2D eigenvalue weighted by Gasteiger charge is 2.03. The number of rotatable bonds is 4. The van der Waals surface area contributed by atoms with Gasteiger partial charge in [-0.05, 0) is 30.3 Å². The van der Waals surface area contributed by atoms with Crippen molar-refractivity contribution in [3.8, 4) is 17.6 Å². The number of halogens is 2. The average Bonchev–Trinajstić information content (AvgIpc) is 2.53. The van der Waals surface area contributed by atoms with Gasteiger partial charge in [-0.1, -0.05) is 46.0 Å². The largest absolute Gasteiger partial charge is 0.481 e. The Morgan fingerprint density at radius 1 is 1.17 bits per heavy atom. The van der Waals surface area contributed by atoms with E-state index in [1.165, 1.54) is 12.1 Å². The van der Waals surface area contributed by atoms with E-state index < -0.39 is 11.8 Å². The summed E-state index contributed by atoms with van der Waals surface area (Å²) < 4.78 is 19.7. The number of amides is 2. The van der Waals surface area contributed by atoms with Crippen molar-refractivity contribution >= 4 is 27.6 Å². The van der Waals surface area contributed by atoms with Gasteiger partial charge in [-0.2, -0.15) is 0 Å². The molecule has 0 bridgehead atoms. The van der Waals surface area contributed by atoms with Crippen LogP contribution in [-0.4, -0.2) is 19.2 Å². The Kier molecular flexibility index (Phi) is 6.45. The van der Waals surface area contributed by atoms with E-state index in [-0.39, 0.29) is 18.8 Å². The standard InChI is InChI=1S/C17H14BrFN2O2/c18-13-6-5-7-14(12-13)23-11-4-3-10-20-17(22)21-16-9-2-1-8-15(16)19/h1-2,5-9,12H,10-11H2,(H2,20,21,22). The minimum absolute atomic E-state index is 0.121. The zero-order chi connectivity index (χ0) is 16.5. The lowest BCUT2D eigenvalue weighted by Crippen LogP contribution is -2.29. The van der Waals surface area contributed by atoms with Crippen LogP contribution in [-0.2, 0) is 0 Å². The maximum Gasteiger partial charge on any atom is 0.320 e. The van der Waals surface area contributed by atoms with Gasteiger partial charge in [0.15, 0.2) is 0 Å². The highest BCUT2D eigenvalue weighted by Crippen LogP contribution is 2.17. The Bertz CT molecular complexity index is 741. The third kappa shape index (κ3) is 6.01. The number of anilines is 1. The summed E-state index contributed by atoms with van der Waals surface area (Å²) in [6.07, 6.45) is 0. The van der Waals surface area contributed by atoms with Gasteiger partial charge in [0.05, 0.1) is 12.2 Å². The van der Waals surface area contributed by atoms with Crippen molar-refractivity contribution in [1.82, 2.24) is 5.32 Å². The van der Waals surface area contributed by atoms with Crippen LogP contribution in [0.4, 0.5) is 14.9 Å². The molecular formula is C17H14BrFN2O2. The lowest BCUT2D eigenvalue weighted by Gasteiger charge is -2.05. The minimum Gasteiger partial charge on any atom is -0.481 e. The number of ether oxygens (including phenoxy) is 1. The monoisotopic (exact) mass is 376 g/mol. The first-order chi connectivity index (χ1) is 11.1. The molecule has 0 aliphatic heterocycles. The topological polar surface area (TPSA) is 50.4 Å². The van der Waals surface area contributed by atoms with E-state index in [2.05, 4.69) is 38.4 Å². The summed E-state index contributed by atoms with van der Waals surface area (Å²) in [5.74, 6) is 5.75. The average molecular weight is 377 g/mol. The number of carbonyl (C=O) groups excluding carboxylic acids is 1. The van der Waals surface area contributed by atoms with Gasteiger partial charge in [-0.15, -0.1) is 0 Å². The van der Waals surface area contributed by atoms with Crippen LogP contribution in [0.3, 0.4) is 0 Å². The van der Waals surface area contributed by atoms with Crippen molar-refractivity contribution in [3.05, 3.63) is 58.8 Å². The van der Waals surface area contributed by atoms with Gasteiger partial charge >= 0.3 is 6.03 Å². The van der Waals surface area contributed by atoms with E-state index in [0.29, 0.717) is 5.75 Å². The molecule has 2 amide bonds. The predicted molar refractivity (Wildman–Crippen MR) is 90.8 cm³/mol. The smallest absolute Gasteiger partial charge is 0.320 e. The summed E-state index contributed by atoms with van der Waals surface area (Å²) in [6.45, 7) is 0.356. The first-order valence-corrected chi connectivity index (χ1v) is 7.58. The SMILES string of the molecule is O=C(NCC#CCOc1cccc(Br)c1)Nc1ccccc1F. The molecule has 0 unspecified atom stereocenters. The molecule has 4 nitrogen and oxygen atoms in total. The molecule has 0 saturated carbocycles. The van der Waals surface area contributed by atoms with Crippen molar-refractivity contribution in [2.75, 3.05) is 18.5 Å². The fourth-order valence-corrected chi connectivity index (χ4v) is 2.02. The maximum atomic E-state index is 13.3. The summed E-state index contributed by atoms with van der Waals surface area (Å²) >= 11 is 3.35. The molecule has 0 aromatic heterocycles. The first-order valence-electron chi connectivity index (χ1n) is 6.78. The molecule has 0 atom stereocenters. The van der Waals surface area contributed by atoms with Crippen LogP contribution in [0, 0.1) is 17.7 Å². The molecule has 2 rings (SSSR count). The van der Waals surface area contributed by atoms with Crippen molar-refractivity contribution in [2.24, 2.45) is 0 Å². The van der Waals surface area contributed by atoms with Crippen LogP contribution < -0.4 is 15.4 Å². The Hall–Kier alpha value is -2.52. The van der Waals surface area contributed by atoms with Gasteiger partial charge in [-0.3, -0.25) is 0 Å². The highest BCUT2D eigenvalue weighted by atomic mass is 79.9. The summed E-state index contributed by atoms with van der Waals surface area (Å²) in [7, 11) is 0. The molecule has 2 aromatic rings. The number of nitrogens with one attached hydrogen (secondary N) is 2. The second-order valence-corrected chi connectivity index (χ2v) is 5.30. The Morgan fingerprint density at radius 3 is 2.78 bits per heavy atom. The van der Waals surface area contributed by atoms with E-state index in [1.807, 2.05) is 24.3 Å². The molecule has 2 N–H and O–H groups in total. The minimum atomic E-state index is -0.516. The van der Waals surface area contributed by atoms with Crippen LogP contribution in [0.5, 0.6) is 5.75 Å². The van der Waals surface area contributed by atoms with Crippen LogP contribution >= 0.6 is 15.9 Å². The molecule has 2 aromatic carbocycles. The van der Waals surface area contributed by atoms with Crippen molar-refractivity contribution in [2.45, 2.75) is 0 Å². The molecule has 6 heteroatoms. The fraction of sp³-hybridized carbons (Fsp3) is 0.118. The Labute approximate surface area is 142 Å². The molecule has 0 fully saturated rings.